The number of hydrogen-bond donors (Lipinski definition) is 0. The zero-order chi connectivity index (χ0) is 23.3. The van der Waals surface area contributed by atoms with E-state index in [2.05, 4.69) is 4.98 Å². The Morgan fingerprint density at radius 1 is 0.875 bits per heavy atom. The molecular weight excluding hydrogens is 442 g/mol. The molecule has 1 aromatic heterocycles. The van der Waals surface area contributed by atoms with E-state index in [9.17, 15) is 30.7 Å². The fraction of sp³-hybridized carbons (Fsp3) is 0.174. The lowest BCUT2D eigenvalue weighted by molar-refractivity contribution is -0.216. The maximum atomic E-state index is 15.2. The van der Waals surface area contributed by atoms with Crippen molar-refractivity contribution < 1.29 is 35.1 Å². The lowest BCUT2D eigenvalue weighted by atomic mass is 9.77. The molecule has 1 heterocycles. The molecule has 0 spiro atoms. The fourth-order valence-corrected chi connectivity index (χ4v) is 3.78. The minimum Gasteiger partial charge on any atom is -0.253 e. The minimum atomic E-state index is -5.22. The van der Waals surface area contributed by atoms with Crippen LogP contribution in [0.25, 0.3) is 16.5 Å². The quantitative estimate of drug-likeness (QED) is 0.367. The van der Waals surface area contributed by atoms with Crippen LogP contribution >= 0.6 is 0 Å². The molecule has 1 nitrogen and oxygen atoms in total. The molecule has 0 N–H and O–H groups in total. The summed E-state index contributed by atoms with van der Waals surface area (Å²) in [5.41, 5.74) is -5.51. The van der Waals surface area contributed by atoms with Crippen LogP contribution in [0.15, 0.2) is 73.0 Å². The van der Waals surface area contributed by atoms with E-state index < -0.39 is 40.8 Å². The molecule has 1 aliphatic carbocycles. The van der Waals surface area contributed by atoms with Gasteiger partial charge in [-0.15, -0.1) is 0 Å². The molecule has 0 saturated carbocycles. The van der Waals surface area contributed by atoms with E-state index in [4.69, 9.17) is 0 Å². The summed E-state index contributed by atoms with van der Waals surface area (Å²) in [5, 5.41) is -0.0425. The first-order valence-corrected chi connectivity index (χ1v) is 9.30. The van der Waals surface area contributed by atoms with Crippen LogP contribution in [0.5, 0.6) is 0 Å². The summed E-state index contributed by atoms with van der Waals surface area (Å²) in [6.07, 6.45) is -6.79. The van der Waals surface area contributed by atoms with Crippen LogP contribution in [-0.2, 0) is 6.18 Å². The van der Waals surface area contributed by atoms with Crippen molar-refractivity contribution in [3.8, 4) is 0 Å². The number of aromatic nitrogens is 1. The van der Waals surface area contributed by atoms with Gasteiger partial charge >= 0.3 is 12.4 Å². The Morgan fingerprint density at radius 3 is 2.19 bits per heavy atom. The molecule has 9 heteroatoms. The second-order valence-electron chi connectivity index (χ2n) is 7.29. The summed E-state index contributed by atoms with van der Waals surface area (Å²) in [6.45, 7) is 0. The molecule has 2 atom stereocenters. The van der Waals surface area contributed by atoms with Crippen molar-refractivity contribution in [3.05, 3.63) is 95.5 Å². The van der Waals surface area contributed by atoms with E-state index in [1.54, 1.807) is 6.07 Å². The van der Waals surface area contributed by atoms with Crippen molar-refractivity contribution in [1.29, 1.82) is 0 Å². The molecule has 32 heavy (non-hydrogen) atoms. The van der Waals surface area contributed by atoms with Gasteiger partial charge in [-0.2, -0.15) is 26.3 Å². The average Bonchev–Trinajstić information content (AvgIpc) is 2.73. The Morgan fingerprint density at radius 2 is 1.56 bits per heavy atom. The van der Waals surface area contributed by atoms with Gasteiger partial charge in [0.25, 0.3) is 0 Å². The van der Waals surface area contributed by atoms with Gasteiger partial charge in [-0.05, 0) is 34.9 Å². The van der Waals surface area contributed by atoms with E-state index >= 15 is 4.39 Å². The fourth-order valence-electron chi connectivity index (χ4n) is 3.78. The van der Waals surface area contributed by atoms with Crippen LogP contribution in [0, 0.1) is 5.82 Å². The molecule has 1 aliphatic rings. The monoisotopic (exact) mass is 455 g/mol. The Balaban J connectivity index is 1.91. The van der Waals surface area contributed by atoms with E-state index in [-0.39, 0.29) is 22.1 Å². The summed E-state index contributed by atoms with van der Waals surface area (Å²) < 4.78 is 110. The van der Waals surface area contributed by atoms with Crippen molar-refractivity contribution in [1.82, 2.24) is 4.98 Å². The average molecular weight is 455 g/mol. The van der Waals surface area contributed by atoms with Crippen LogP contribution in [0.1, 0.15) is 22.6 Å². The van der Waals surface area contributed by atoms with Gasteiger partial charge in [0.2, 0.25) is 5.67 Å². The highest BCUT2D eigenvalue weighted by molar-refractivity contribution is 5.95. The van der Waals surface area contributed by atoms with Crippen LogP contribution in [-0.4, -0.2) is 16.8 Å². The molecule has 2 unspecified atom stereocenters. The van der Waals surface area contributed by atoms with Crippen molar-refractivity contribution in [2.75, 3.05) is 0 Å². The Bertz CT molecular complexity index is 1220. The summed E-state index contributed by atoms with van der Waals surface area (Å²) >= 11 is 0. The van der Waals surface area contributed by atoms with Crippen LogP contribution in [0.2, 0.25) is 0 Å². The van der Waals surface area contributed by atoms with E-state index in [1.165, 1.54) is 30.3 Å². The SMILES string of the molecule is Fc1c(C(F)(F)F)ccc2c(C3=CC(c4ccccc4)C(F)(C(F)(F)F)C=C3)ccnc12. The lowest BCUT2D eigenvalue weighted by Gasteiger charge is -2.34. The normalized spacial score (nSPS) is 21.6. The summed E-state index contributed by atoms with van der Waals surface area (Å²) in [6, 6.07) is 10.1. The van der Waals surface area contributed by atoms with Crippen LogP contribution < -0.4 is 0 Å². The number of halogens is 8. The summed E-state index contributed by atoms with van der Waals surface area (Å²) in [7, 11) is 0. The Kier molecular flexibility index (Phi) is 5.10. The van der Waals surface area contributed by atoms with Crippen molar-refractivity contribution in [3.63, 3.8) is 0 Å². The molecule has 0 fully saturated rings. The zero-order valence-corrected chi connectivity index (χ0v) is 16.0. The molecule has 0 aliphatic heterocycles. The van der Waals surface area contributed by atoms with Crippen LogP contribution in [0.4, 0.5) is 35.1 Å². The second-order valence-corrected chi connectivity index (χ2v) is 7.29. The number of nitrogens with zero attached hydrogens (tertiary/aromatic N) is 1. The van der Waals surface area contributed by atoms with E-state index in [1.807, 2.05) is 0 Å². The van der Waals surface area contributed by atoms with Crippen molar-refractivity contribution in [2.45, 2.75) is 23.9 Å². The van der Waals surface area contributed by atoms with Gasteiger partial charge in [0, 0.05) is 17.5 Å². The third kappa shape index (κ3) is 3.55. The maximum Gasteiger partial charge on any atom is 0.427 e. The van der Waals surface area contributed by atoms with Gasteiger partial charge in [0.15, 0.2) is 5.82 Å². The van der Waals surface area contributed by atoms with E-state index in [0.29, 0.717) is 12.1 Å². The highest BCUT2D eigenvalue weighted by atomic mass is 19.4. The molecule has 2 aromatic carbocycles. The first kappa shape index (κ1) is 22.0. The molecule has 0 saturated heterocycles. The second kappa shape index (κ2) is 7.43. The van der Waals surface area contributed by atoms with Gasteiger partial charge in [-0.3, -0.25) is 4.98 Å². The number of rotatable bonds is 2. The number of allylic oxidation sites excluding steroid dienone is 4. The van der Waals surface area contributed by atoms with Gasteiger partial charge in [0.05, 0.1) is 5.56 Å². The lowest BCUT2D eigenvalue weighted by Crippen LogP contribution is -2.45. The van der Waals surface area contributed by atoms with E-state index in [0.717, 1.165) is 24.4 Å². The minimum absolute atomic E-state index is 0.0425. The number of hydrogen-bond acceptors (Lipinski definition) is 1. The summed E-state index contributed by atoms with van der Waals surface area (Å²) in [4.78, 5) is 3.68. The van der Waals surface area contributed by atoms with Gasteiger partial charge in [0.1, 0.15) is 5.52 Å². The Hall–Kier alpha value is -3.23. The molecule has 166 valence electrons. The van der Waals surface area contributed by atoms with Gasteiger partial charge in [-0.25, -0.2) is 8.78 Å². The Labute approximate surface area is 176 Å². The first-order chi connectivity index (χ1) is 14.9. The van der Waals surface area contributed by atoms with Gasteiger partial charge < -0.3 is 0 Å². The smallest absolute Gasteiger partial charge is 0.253 e. The molecule has 0 bridgehead atoms. The van der Waals surface area contributed by atoms with Crippen LogP contribution in [0.3, 0.4) is 0 Å². The highest BCUT2D eigenvalue weighted by Crippen LogP contribution is 2.50. The number of fused-ring (bicyclic) bond motifs is 1. The number of benzene rings is 2. The number of pyridine rings is 1. The molecular formula is C23H13F8N. The largest absolute Gasteiger partial charge is 0.427 e. The topological polar surface area (TPSA) is 12.9 Å². The predicted molar refractivity (Wildman–Crippen MR) is 103 cm³/mol. The standard InChI is InChI=1S/C23H13F8N/c24-19-17(22(26,27)28)7-6-16-15(9-11-32-20(16)19)14-8-10-21(25,23(29,30)31)18(12-14)13-4-2-1-3-5-13/h1-12,18H. The highest BCUT2D eigenvalue weighted by Gasteiger charge is 2.59. The predicted octanol–water partition coefficient (Wildman–Crippen LogP) is 7.40. The molecule has 0 amide bonds. The third-order valence-corrected chi connectivity index (χ3v) is 5.37. The summed E-state index contributed by atoms with van der Waals surface area (Å²) in [5.74, 6) is -3.35. The van der Waals surface area contributed by atoms with Gasteiger partial charge in [-0.1, -0.05) is 48.6 Å². The maximum absolute atomic E-state index is 15.2. The molecule has 4 rings (SSSR count). The third-order valence-electron chi connectivity index (χ3n) is 5.37. The molecule has 0 radical (unpaired) electrons. The zero-order valence-electron chi connectivity index (χ0n) is 16.0. The number of alkyl halides is 7. The van der Waals surface area contributed by atoms with Crippen molar-refractivity contribution in [2.24, 2.45) is 0 Å². The first-order valence-electron chi connectivity index (χ1n) is 9.30. The van der Waals surface area contributed by atoms with Crippen molar-refractivity contribution >= 4 is 16.5 Å². The molecule has 3 aromatic rings.